The highest BCUT2D eigenvalue weighted by molar-refractivity contribution is 5.98. The van der Waals surface area contributed by atoms with Gasteiger partial charge in [-0.1, -0.05) is 30.3 Å². The lowest BCUT2D eigenvalue weighted by Crippen LogP contribution is -2.21. The molecule has 1 amide bonds. The third kappa shape index (κ3) is 4.37. The van der Waals surface area contributed by atoms with Gasteiger partial charge in [-0.05, 0) is 23.8 Å². The molecule has 142 valence electrons. The maximum atomic E-state index is 12.4. The molecule has 3 rings (SSSR count). The second kappa shape index (κ2) is 8.84. The number of rotatable bonds is 7. The maximum absolute atomic E-state index is 12.4. The first-order valence-corrected chi connectivity index (χ1v) is 8.54. The number of fused-ring (bicyclic) bond motifs is 1. The Morgan fingerprint density at radius 3 is 2.61 bits per heavy atom. The minimum absolute atomic E-state index is 0.0247. The van der Waals surface area contributed by atoms with Crippen LogP contribution in [0.15, 0.2) is 52.9 Å². The largest absolute Gasteiger partial charge is 0.450 e. The van der Waals surface area contributed by atoms with Gasteiger partial charge < -0.3 is 19.2 Å². The molecule has 0 atom stereocenters. The van der Waals surface area contributed by atoms with E-state index in [9.17, 15) is 9.59 Å². The molecule has 0 unspecified atom stereocenters. The van der Waals surface area contributed by atoms with Crippen molar-refractivity contribution in [3.05, 3.63) is 65.4 Å². The zero-order chi connectivity index (χ0) is 19.9. The van der Waals surface area contributed by atoms with E-state index in [-0.39, 0.29) is 12.4 Å². The van der Waals surface area contributed by atoms with Crippen LogP contribution in [0.25, 0.3) is 11.0 Å². The van der Waals surface area contributed by atoms with E-state index in [4.69, 9.17) is 19.2 Å². The van der Waals surface area contributed by atoms with Crippen molar-refractivity contribution < 1.29 is 23.5 Å². The highest BCUT2D eigenvalue weighted by Crippen LogP contribution is 2.27. The van der Waals surface area contributed by atoms with E-state index >= 15 is 0 Å². The van der Waals surface area contributed by atoms with E-state index in [2.05, 4.69) is 11.4 Å². The lowest BCUT2D eigenvalue weighted by Gasteiger charge is -2.07. The fourth-order valence-corrected chi connectivity index (χ4v) is 2.74. The summed E-state index contributed by atoms with van der Waals surface area (Å²) in [4.78, 5) is 24.4. The summed E-state index contributed by atoms with van der Waals surface area (Å²) in [5.74, 6) is -1.19. The minimum Gasteiger partial charge on any atom is -0.450 e. The summed E-state index contributed by atoms with van der Waals surface area (Å²) >= 11 is 0. The predicted octanol–water partition coefficient (Wildman–Crippen LogP) is 3.44. The molecule has 0 saturated heterocycles. The Labute approximate surface area is 161 Å². The molecule has 0 radical (unpaired) electrons. The smallest absolute Gasteiger partial charge is 0.375 e. The Kier molecular flexibility index (Phi) is 6.04. The zero-order valence-electron chi connectivity index (χ0n) is 15.2. The first-order chi connectivity index (χ1) is 13.6. The average Bonchev–Trinajstić information content (AvgIpc) is 3.07. The number of nitriles is 1. The number of methoxy groups -OCH3 is 1. The second-order valence-electron chi connectivity index (χ2n) is 6.00. The van der Waals surface area contributed by atoms with Crippen LogP contribution >= 0.6 is 0 Å². The monoisotopic (exact) mass is 378 g/mol. The number of anilines is 1. The van der Waals surface area contributed by atoms with Crippen LogP contribution < -0.4 is 5.32 Å². The van der Waals surface area contributed by atoms with Gasteiger partial charge in [-0.2, -0.15) is 5.26 Å². The third-order valence-electron chi connectivity index (χ3n) is 4.03. The van der Waals surface area contributed by atoms with Crippen molar-refractivity contribution in [2.75, 3.05) is 19.0 Å². The van der Waals surface area contributed by atoms with Crippen molar-refractivity contribution in [3.8, 4) is 6.07 Å². The number of ether oxygens (including phenoxy) is 2. The van der Waals surface area contributed by atoms with Gasteiger partial charge >= 0.3 is 5.97 Å². The number of hydrogen-bond donors (Lipinski definition) is 1. The Bertz CT molecular complexity index is 1030. The molecule has 1 N–H and O–H groups in total. The van der Waals surface area contributed by atoms with Crippen LogP contribution in [0.3, 0.4) is 0 Å². The lowest BCUT2D eigenvalue weighted by molar-refractivity contribution is -0.119. The van der Waals surface area contributed by atoms with Crippen LogP contribution in [0.1, 0.15) is 21.7 Å². The maximum Gasteiger partial charge on any atom is 0.375 e. The Morgan fingerprint density at radius 2 is 1.89 bits per heavy atom. The quantitative estimate of drug-likeness (QED) is 0.632. The van der Waals surface area contributed by atoms with Crippen LogP contribution in [0.4, 0.5) is 5.69 Å². The molecule has 3 aromatic rings. The van der Waals surface area contributed by atoms with Crippen molar-refractivity contribution in [1.29, 1.82) is 5.26 Å². The molecule has 0 saturated carbocycles. The van der Waals surface area contributed by atoms with Crippen LogP contribution in [-0.4, -0.2) is 25.6 Å². The number of amides is 1. The summed E-state index contributed by atoms with van der Waals surface area (Å²) in [7, 11) is 1.52. The topological polar surface area (TPSA) is 102 Å². The average molecular weight is 378 g/mol. The number of para-hydroxylation sites is 1. The van der Waals surface area contributed by atoms with Gasteiger partial charge in [0.15, 0.2) is 6.61 Å². The van der Waals surface area contributed by atoms with Crippen molar-refractivity contribution in [2.45, 2.75) is 13.0 Å². The Morgan fingerprint density at radius 1 is 1.14 bits per heavy atom. The van der Waals surface area contributed by atoms with E-state index in [1.165, 1.54) is 7.11 Å². The summed E-state index contributed by atoms with van der Waals surface area (Å²) in [5.41, 5.74) is 2.52. The van der Waals surface area contributed by atoms with Gasteiger partial charge in [-0.25, -0.2) is 4.79 Å². The molecule has 0 aliphatic rings. The third-order valence-corrected chi connectivity index (χ3v) is 4.03. The molecule has 0 aliphatic heterocycles. The molecule has 0 spiro atoms. The number of carbonyl (C=O) groups is 2. The standard InChI is InChI=1S/C21H18N2O5/c1-26-12-17-16-4-2-3-5-18(16)28-20(17)21(25)27-13-19(24)23-15-8-6-14(7-9-15)10-11-22/h2-9H,10,12-13H2,1H3,(H,23,24). The van der Waals surface area contributed by atoms with Crippen molar-refractivity contribution in [3.63, 3.8) is 0 Å². The summed E-state index contributed by atoms with van der Waals surface area (Å²) in [6.07, 6.45) is 0.299. The number of nitrogens with one attached hydrogen (secondary N) is 1. The van der Waals surface area contributed by atoms with Crippen LogP contribution in [-0.2, 0) is 27.3 Å². The summed E-state index contributed by atoms with van der Waals surface area (Å²) in [6, 6.07) is 16.1. The fourth-order valence-electron chi connectivity index (χ4n) is 2.74. The summed E-state index contributed by atoms with van der Waals surface area (Å²) < 4.78 is 15.8. The van der Waals surface area contributed by atoms with Gasteiger partial charge in [-0.15, -0.1) is 0 Å². The second-order valence-corrected chi connectivity index (χ2v) is 6.00. The number of furan rings is 1. The van der Waals surface area contributed by atoms with Crippen LogP contribution in [0.2, 0.25) is 0 Å². The van der Waals surface area contributed by atoms with Gasteiger partial charge in [0.1, 0.15) is 5.58 Å². The molecule has 7 nitrogen and oxygen atoms in total. The SMILES string of the molecule is COCc1c(C(=O)OCC(=O)Nc2ccc(CC#N)cc2)oc2ccccc12. The highest BCUT2D eigenvalue weighted by atomic mass is 16.5. The number of esters is 1. The van der Waals surface area contributed by atoms with Gasteiger partial charge in [0, 0.05) is 23.7 Å². The molecule has 2 aromatic carbocycles. The van der Waals surface area contributed by atoms with E-state index in [0.717, 1.165) is 10.9 Å². The molecule has 0 bridgehead atoms. The molecule has 1 aromatic heterocycles. The van der Waals surface area contributed by atoms with Crippen LogP contribution in [0.5, 0.6) is 0 Å². The van der Waals surface area contributed by atoms with Gasteiger partial charge in [0.2, 0.25) is 5.76 Å². The minimum atomic E-state index is -0.734. The molecule has 1 heterocycles. The normalized spacial score (nSPS) is 10.4. The molecule has 0 fully saturated rings. The van der Waals surface area contributed by atoms with E-state index in [1.54, 1.807) is 36.4 Å². The van der Waals surface area contributed by atoms with E-state index in [1.807, 2.05) is 12.1 Å². The number of hydrogen-bond acceptors (Lipinski definition) is 6. The molecule has 7 heteroatoms. The summed E-state index contributed by atoms with van der Waals surface area (Å²) in [5, 5.41) is 12.1. The number of nitrogens with zero attached hydrogens (tertiary/aromatic N) is 1. The van der Waals surface area contributed by atoms with Crippen molar-refractivity contribution >= 4 is 28.5 Å². The predicted molar refractivity (Wildman–Crippen MR) is 102 cm³/mol. The van der Waals surface area contributed by atoms with Gasteiger partial charge in [-0.3, -0.25) is 4.79 Å². The van der Waals surface area contributed by atoms with Gasteiger partial charge in [0.25, 0.3) is 5.91 Å². The molecular weight excluding hydrogens is 360 g/mol. The molecular formula is C21H18N2O5. The first-order valence-electron chi connectivity index (χ1n) is 8.54. The van der Waals surface area contributed by atoms with Gasteiger partial charge in [0.05, 0.1) is 19.1 Å². The number of carbonyl (C=O) groups excluding carboxylic acids is 2. The van der Waals surface area contributed by atoms with Crippen LogP contribution in [0, 0.1) is 11.3 Å². The van der Waals surface area contributed by atoms with E-state index < -0.39 is 18.5 Å². The van der Waals surface area contributed by atoms with E-state index in [0.29, 0.717) is 23.3 Å². The highest BCUT2D eigenvalue weighted by Gasteiger charge is 2.22. The summed E-state index contributed by atoms with van der Waals surface area (Å²) in [6.45, 7) is -0.273. The lowest BCUT2D eigenvalue weighted by atomic mass is 10.1. The molecule has 28 heavy (non-hydrogen) atoms. The molecule has 0 aliphatic carbocycles. The Hall–Kier alpha value is -3.63. The fraction of sp³-hybridized carbons (Fsp3) is 0.190. The zero-order valence-corrected chi connectivity index (χ0v) is 15.2. The van der Waals surface area contributed by atoms with Crippen molar-refractivity contribution in [2.24, 2.45) is 0 Å². The number of benzene rings is 2. The first kappa shape index (κ1) is 19.1. The van der Waals surface area contributed by atoms with Crippen molar-refractivity contribution in [1.82, 2.24) is 0 Å². The Balaban J connectivity index is 1.63.